The number of H-pyrrole nitrogens is 1. The Balaban J connectivity index is 0.000000354. The molecule has 0 spiro atoms. The van der Waals surface area contributed by atoms with E-state index in [4.69, 9.17) is 27.9 Å². The second kappa shape index (κ2) is 16.4. The molecule has 5 aromatic rings. The molecule has 11 nitrogen and oxygen atoms in total. The number of aryl methyl sites for hydroxylation is 1. The number of methoxy groups -OCH3 is 1. The van der Waals surface area contributed by atoms with Gasteiger partial charge in [-0.25, -0.2) is 19.9 Å². The predicted molar refractivity (Wildman–Crippen MR) is 198 cm³/mol. The van der Waals surface area contributed by atoms with Crippen molar-refractivity contribution in [3.63, 3.8) is 0 Å². The van der Waals surface area contributed by atoms with Gasteiger partial charge in [0.1, 0.15) is 5.75 Å². The van der Waals surface area contributed by atoms with E-state index in [1.54, 1.807) is 46.2 Å². The summed E-state index contributed by atoms with van der Waals surface area (Å²) in [5.41, 5.74) is 1.67. The molecule has 2 aliphatic rings. The number of aromatic nitrogens is 4. The standard InChI is InChI=1S/C29H26ClF3N6O3.C9H9ClO2/c30-25-17(13-24-23-14-20(42-19-4-2-5-19)7-8-21(23)26(40)37-36-24)3-1-6-22(25)27(41)38-9-11-39(12-10-38)28-34-15-18(16-35-28)29(31,32)33;1-6-4-3-5-7(8(6)10)9(11)12-2/h1,3,6-8,14-16,19H,2,4-5,9-13H2,(H,37,40);3-5H,1-2H3. The zero-order valence-corrected chi connectivity index (χ0v) is 30.8. The maximum Gasteiger partial charge on any atom is 0.419 e. The van der Waals surface area contributed by atoms with Crippen molar-refractivity contribution in [3.05, 3.63) is 121 Å². The number of piperazine rings is 1. The number of anilines is 1. The van der Waals surface area contributed by atoms with Crippen LogP contribution < -0.4 is 15.2 Å². The smallest absolute Gasteiger partial charge is 0.419 e. The van der Waals surface area contributed by atoms with E-state index in [0.29, 0.717) is 75.1 Å². The maximum atomic E-state index is 13.4. The molecule has 0 radical (unpaired) electrons. The lowest BCUT2D eigenvalue weighted by molar-refractivity contribution is -0.138. The number of aromatic amines is 1. The number of halogens is 5. The number of hydrogen-bond acceptors (Lipinski definition) is 9. The van der Waals surface area contributed by atoms with Gasteiger partial charge in [0, 0.05) is 50.4 Å². The number of nitrogens with zero attached hydrogens (tertiary/aromatic N) is 5. The summed E-state index contributed by atoms with van der Waals surface area (Å²) in [6, 6.07) is 15.8. The van der Waals surface area contributed by atoms with Gasteiger partial charge >= 0.3 is 12.1 Å². The van der Waals surface area contributed by atoms with Gasteiger partial charge < -0.3 is 19.3 Å². The highest BCUT2D eigenvalue weighted by atomic mass is 35.5. The topological polar surface area (TPSA) is 131 Å². The van der Waals surface area contributed by atoms with E-state index >= 15 is 0 Å². The lowest BCUT2D eigenvalue weighted by Crippen LogP contribution is -2.49. The zero-order chi connectivity index (χ0) is 38.6. The molecule has 0 atom stereocenters. The van der Waals surface area contributed by atoms with E-state index in [9.17, 15) is 27.6 Å². The van der Waals surface area contributed by atoms with Crippen molar-refractivity contribution in [1.82, 2.24) is 25.1 Å². The Hall–Kier alpha value is -5.21. The van der Waals surface area contributed by atoms with Crippen LogP contribution in [0.2, 0.25) is 10.0 Å². The van der Waals surface area contributed by atoms with Crippen molar-refractivity contribution in [2.24, 2.45) is 0 Å². The average molecular weight is 784 g/mol. The van der Waals surface area contributed by atoms with Crippen LogP contribution in [0.1, 0.15) is 62.4 Å². The Morgan fingerprint density at radius 1 is 0.926 bits per heavy atom. The molecule has 3 aromatic carbocycles. The van der Waals surface area contributed by atoms with E-state index in [1.807, 2.05) is 25.1 Å². The third-order valence-corrected chi connectivity index (χ3v) is 10.2. The van der Waals surface area contributed by atoms with Crippen LogP contribution in [0.4, 0.5) is 19.1 Å². The molecule has 1 saturated carbocycles. The molecule has 2 aromatic heterocycles. The van der Waals surface area contributed by atoms with Crippen LogP contribution in [0, 0.1) is 6.92 Å². The number of alkyl halides is 3. The molecule has 0 bridgehead atoms. The summed E-state index contributed by atoms with van der Waals surface area (Å²) in [6.07, 6.45) is 0.620. The highest BCUT2D eigenvalue weighted by molar-refractivity contribution is 6.35. The summed E-state index contributed by atoms with van der Waals surface area (Å²) in [4.78, 5) is 48.1. The lowest BCUT2D eigenvalue weighted by Gasteiger charge is -2.35. The largest absolute Gasteiger partial charge is 0.490 e. The predicted octanol–water partition coefficient (Wildman–Crippen LogP) is 7.30. The molecule has 1 saturated heterocycles. The first-order valence-electron chi connectivity index (χ1n) is 17.1. The summed E-state index contributed by atoms with van der Waals surface area (Å²) in [5, 5.41) is 8.73. The van der Waals surface area contributed by atoms with Gasteiger partial charge in [-0.15, -0.1) is 0 Å². The minimum absolute atomic E-state index is 0.178. The highest BCUT2D eigenvalue weighted by Gasteiger charge is 2.32. The maximum absolute atomic E-state index is 13.4. The minimum atomic E-state index is -4.51. The van der Waals surface area contributed by atoms with Gasteiger partial charge in [0.05, 0.1) is 51.0 Å². The number of benzene rings is 3. The highest BCUT2D eigenvalue weighted by Crippen LogP contribution is 2.31. The van der Waals surface area contributed by atoms with Crippen molar-refractivity contribution in [1.29, 1.82) is 0 Å². The van der Waals surface area contributed by atoms with Gasteiger partial charge in [-0.3, -0.25) is 9.59 Å². The normalized spacial score (nSPS) is 14.6. The molecule has 54 heavy (non-hydrogen) atoms. The number of carbonyl (C=O) groups excluding carboxylic acids is 2. The van der Waals surface area contributed by atoms with Crippen molar-refractivity contribution in [3.8, 4) is 5.75 Å². The van der Waals surface area contributed by atoms with Gasteiger partial charge in [-0.1, -0.05) is 47.5 Å². The van der Waals surface area contributed by atoms with E-state index in [0.717, 1.165) is 37.2 Å². The van der Waals surface area contributed by atoms with Gasteiger partial charge in [-0.2, -0.15) is 18.3 Å². The number of nitrogens with one attached hydrogen (secondary N) is 1. The summed E-state index contributed by atoms with van der Waals surface area (Å²) in [6.45, 7) is 3.19. The Kier molecular flexibility index (Phi) is 11.7. The quantitative estimate of drug-likeness (QED) is 0.169. The third-order valence-electron chi connectivity index (χ3n) is 9.27. The molecule has 3 heterocycles. The molecular formula is C38H35Cl2F3N6O5. The van der Waals surface area contributed by atoms with Crippen LogP contribution in [0.5, 0.6) is 5.75 Å². The molecule has 16 heteroatoms. The summed E-state index contributed by atoms with van der Waals surface area (Å²) >= 11 is 12.6. The number of fused-ring (bicyclic) bond motifs is 1. The van der Waals surface area contributed by atoms with Crippen LogP contribution in [0.15, 0.2) is 71.8 Å². The van der Waals surface area contributed by atoms with Crippen LogP contribution in [0.3, 0.4) is 0 Å². The average Bonchev–Trinajstić information content (AvgIpc) is 3.15. The zero-order valence-electron chi connectivity index (χ0n) is 29.3. The van der Waals surface area contributed by atoms with Gasteiger partial charge in [-0.05, 0) is 67.6 Å². The van der Waals surface area contributed by atoms with E-state index in [1.165, 1.54) is 7.11 Å². The van der Waals surface area contributed by atoms with Gasteiger partial charge in [0.15, 0.2) is 0 Å². The molecule has 1 N–H and O–H groups in total. The van der Waals surface area contributed by atoms with Gasteiger partial charge in [0.25, 0.3) is 11.5 Å². The molecule has 282 valence electrons. The molecule has 0 unspecified atom stereocenters. The van der Waals surface area contributed by atoms with Crippen LogP contribution in [-0.4, -0.2) is 76.3 Å². The summed E-state index contributed by atoms with van der Waals surface area (Å²) in [5.74, 6) is 0.197. The Morgan fingerprint density at radius 3 is 2.26 bits per heavy atom. The first-order valence-corrected chi connectivity index (χ1v) is 17.8. The van der Waals surface area contributed by atoms with Crippen molar-refractivity contribution in [2.45, 2.75) is 44.9 Å². The number of amides is 1. The summed E-state index contributed by atoms with van der Waals surface area (Å²) < 4.78 is 49.1. The van der Waals surface area contributed by atoms with E-state index in [-0.39, 0.29) is 29.9 Å². The number of esters is 1. The number of rotatable bonds is 7. The first kappa shape index (κ1) is 38.5. The Morgan fingerprint density at radius 2 is 1.61 bits per heavy atom. The first-order chi connectivity index (χ1) is 25.8. The number of carbonyl (C=O) groups is 2. The number of ether oxygens (including phenoxy) is 2. The molecule has 7 rings (SSSR count). The van der Waals surface area contributed by atoms with Crippen LogP contribution >= 0.6 is 23.2 Å². The summed E-state index contributed by atoms with van der Waals surface area (Å²) in [7, 11) is 1.33. The van der Waals surface area contributed by atoms with Gasteiger partial charge in [0.2, 0.25) is 5.95 Å². The molecule has 1 aliphatic heterocycles. The SMILES string of the molecule is COC(=O)c1cccc(C)c1Cl.O=C(c1cccc(Cc2n[nH]c(=O)c3ccc(OC4CCC4)cc23)c1Cl)N1CCN(c2ncc(C(F)(F)F)cn2)CC1. The minimum Gasteiger partial charge on any atom is -0.490 e. The second-order valence-corrected chi connectivity index (χ2v) is 13.6. The molecule has 2 fully saturated rings. The Bertz CT molecular complexity index is 2220. The molecule has 1 amide bonds. The van der Waals surface area contributed by atoms with Crippen LogP contribution in [-0.2, 0) is 17.3 Å². The van der Waals surface area contributed by atoms with Crippen LogP contribution in [0.25, 0.3) is 10.8 Å². The molecular weight excluding hydrogens is 748 g/mol. The fourth-order valence-electron chi connectivity index (χ4n) is 5.98. The van der Waals surface area contributed by atoms with Crippen molar-refractivity contribution >= 4 is 51.8 Å². The van der Waals surface area contributed by atoms with Crippen molar-refractivity contribution in [2.75, 3.05) is 38.2 Å². The van der Waals surface area contributed by atoms with Crippen molar-refractivity contribution < 1.29 is 32.2 Å². The molecule has 1 aliphatic carbocycles. The van der Waals surface area contributed by atoms with E-state index < -0.39 is 17.7 Å². The lowest BCUT2D eigenvalue weighted by atomic mass is 9.96. The third kappa shape index (κ3) is 8.60. The Labute approximate surface area is 318 Å². The second-order valence-electron chi connectivity index (χ2n) is 12.8. The fraction of sp³-hybridized carbons (Fsp3) is 0.316. The van der Waals surface area contributed by atoms with E-state index in [2.05, 4.69) is 24.9 Å². The fourth-order valence-corrected chi connectivity index (χ4v) is 6.45. The number of hydrogen-bond donors (Lipinski definition) is 1. The monoisotopic (exact) mass is 782 g/mol.